The number of amides is 2. The number of rotatable bonds is 5. The lowest BCUT2D eigenvalue weighted by Crippen LogP contribution is -2.48. The van der Waals surface area contributed by atoms with E-state index in [0.717, 1.165) is 5.56 Å². The maximum absolute atomic E-state index is 12.5. The molecule has 2 rings (SSSR count). The molecular formula is C19H20N4O2S2. The van der Waals surface area contributed by atoms with Gasteiger partial charge in [0, 0.05) is 25.2 Å². The molecular weight excluding hydrogens is 380 g/mol. The molecule has 0 radical (unpaired) electrons. The van der Waals surface area contributed by atoms with Crippen molar-refractivity contribution in [3.8, 4) is 0 Å². The van der Waals surface area contributed by atoms with Gasteiger partial charge in [-0.25, -0.2) is 10.4 Å². The summed E-state index contributed by atoms with van der Waals surface area (Å²) in [5, 5.41) is 2.60. The van der Waals surface area contributed by atoms with Crippen molar-refractivity contribution in [1.29, 1.82) is 0 Å². The number of hydrogen-bond donors (Lipinski definition) is 2. The van der Waals surface area contributed by atoms with Crippen molar-refractivity contribution >= 4 is 46.2 Å². The van der Waals surface area contributed by atoms with Crippen molar-refractivity contribution in [1.82, 2.24) is 20.9 Å². The molecule has 0 aliphatic carbocycles. The van der Waals surface area contributed by atoms with Gasteiger partial charge in [0.15, 0.2) is 0 Å². The highest BCUT2D eigenvalue weighted by Gasteiger charge is 2.22. The Labute approximate surface area is 169 Å². The minimum Gasteiger partial charge on any atom is -0.277 e. The molecule has 0 saturated carbocycles. The third-order valence-electron chi connectivity index (χ3n) is 3.63. The van der Waals surface area contributed by atoms with Gasteiger partial charge in [0.25, 0.3) is 5.91 Å². The van der Waals surface area contributed by atoms with Gasteiger partial charge in [0.1, 0.15) is 16.4 Å². The van der Waals surface area contributed by atoms with Gasteiger partial charge in [-0.1, -0.05) is 85.1 Å². The van der Waals surface area contributed by atoms with E-state index in [1.54, 1.807) is 26.2 Å². The number of benzene rings is 2. The van der Waals surface area contributed by atoms with Gasteiger partial charge in [-0.15, -0.1) is 0 Å². The summed E-state index contributed by atoms with van der Waals surface area (Å²) in [7, 11) is 3.20. The van der Waals surface area contributed by atoms with E-state index in [0.29, 0.717) is 15.5 Å². The van der Waals surface area contributed by atoms with Crippen LogP contribution < -0.4 is 10.9 Å². The fourth-order valence-electron chi connectivity index (χ4n) is 2.32. The Hall–Kier alpha value is -2.68. The predicted molar refractivity (Wildman–Crippen MR) is 113 cm³/mol. The van der Waals surface area contributed by atoms with E-state index in [1.165, 1.54) is 10.0 Å². The zero-order chi connectivity index (χ0) is 19.8. The Bertz CT molecular complexity index is 828. The smallest absolute Gasteiger partial charge is 0.251 e. The van der Waals surface area contributed by atoms with Gasteiger partial charge < -0.3 is 0 Å². The van der Waals surface area contributed by atoms with Crippen LogP contribution in [0.4, 0.5) is 0 Å². The first-order valence-corrected chi connectivity index (χ1v) is 8.98. The van der Waals surface area contributed by atoms with Crippen LogP contribution in [0, 0.1) is 0 Å². The maximum Gasteiger partial charge on any atom is 0.251 e. The first-order valence-electron chi connectivity index (χ1n) is 8.16. The SMILES string of the molecule is CNN(C(=O)CC(=O)NN(C)C(=S)c1ccccc1)C(=S)c1ccccc1. The maximum atomic E-state index is 12.5. The van der Waals surface area contributed by atoms with Crippen molar-refractivity contribution in [2.45, 2.75) is 6.42 Å². The first kappa shape index (κ1) is 20.6. The third-order valence-corrected chi connectivity index (χ3v) is 4.55. The lowest BCUT2D eigenvalue weighted by Gasteiger charge is -2.24. The van der Waals surface area contributed by atoms with E-state index in [1.807, 2.05) is 48.5 Å². The number of nitrogens with one attached hydrogen (secondary N) is 2. The molecule has 0 fully saturated rings. The van der Waals surface area contributed by atoms with E-state index in [2.05, 4.69) is 10.9 Å². The van der Waals surface area contributed by atoms with E-state index in [-0.39, 0.29) is 6.42 Å². The van der Waals surface area contributed by atoms with Gasteiger partial charge in [-0.05, 0) is 0 Å². The van der Waals surface area contributed by atoms with Crippen molar-refractivity contribution in [3.63, 3.8) is 0 Å². The lowest BCUT2D eigenvalue weighted by molar-refractivity contribution is -0.135. The Kier molecular flexibility index (Phi) is 7.54. The number of carbonyl (C=O) groups excluding carboxylic acids is 2. The minimum atomic E-state index is -0.489. The molecule has 0 atom stereocenters. The summed E-state index contributed by atoms with van der Waals surface area (Å²) in [6, 6.07) is 18.4. The number of hydrogen-bond acceptors (Lipinski definition) is 5. The molecule has 0 aliphatic heterocycles. The zero-order valence-electron chi connectivity index (χ0n) is 15.0. The second kappa shape index (κ2) is 9.86. The molecule has 140 valence electrons. The molecule has 6 nitrogen and oxygen atoms in total. The van der Waals surface area contributed by atoms with Gasteiger partial charge in [-0.2, -0.15) is 0 Å². The van der Waals surface area contributed by atoms with Crippen LogP contribution in [-0.2, 0) is 9.59 Å². The summed E-state index contributed by atoms with van der Waals surface area (Å²) >= 11 is 10.7. The normalized spacial score (nSPS) is 10.0. The highest BCUT2D eigenvalue weighted by Crippen LogP contribution is 2.07. The molecule has 2 aromatic carbocycles. The summed E-state index contributed by atoms with van der Waals surface area (Å²) in [5.74, 6) is -0.959. The highest BCUT2D eigenvalue weighted by atomic mass is 32.1. The van der Waals surface area contributed by atoms with E-state index in [9.17, 15) is 9.59 Å². The second-order valence-corrected chi connectivity index (χ2v) is 6.34. The van der Waals surface area contributed by atoms with Crippen LogP contribution in [0.1, 0.15) is 17.5 Å². The molecule has 0 saturated heterocycles. The summed E-state index contributed by atoms with van der Waals surface area (Å²) in [4.78, 5) is 25.5. The molecule has 27 heavy (non-hydrogen) atoms. The zero-order valence-corrected chi connectivity index (χ0v) is 16.6. The number of thiocarbonyl (C=S) groups is 2. The number of nitrogens with zero attached hydrogens (tertiary/aromatic N) is 2. The fraction of sp³-hybridized carbons (Fsp3) is 0.158. The quantitative estimate of drug-likeness (QED) is 0.455. The molecule has 0 aliphatic rings. The molecule has 0 aromatic heterocycles. The van der Waals surface area contributed by atoms with E-state index >= 15 is 0 Å². The van der Waals surface area contributed by atoms with Crippen molar-refractivity contribution < 1.29 is 9.59 Å². The molecule has 0 unspecified atom stereocenters. The minimum absolute atomic E-state index is 0.295. The van der Waals surface area contributed by atoms with Crippen LogP contribution >= 0.6 is 24.4 Å². The average Bonchev–Trinajstić information content (AvgIpc) is 2.69. The van der Waals surface area contributed by atoms with Crippen LogP contribution in [0.15, 0.2) is 60.7 Å². The lowest BCUT2D eigenvalue weighted by atomic mass is 10.2. The molecule has 0 bridgehead atoms. The number of hydrazine groups is 2. The Morgan fingerprint density at radius 2 is 1.37 bits per heavy atom. The first-order chi connectivity index (χ1) is 12.9. The molecule has 0 heterocycles. The second-order valence-electron chi connectivity index (χ2n) is 5.57. The van der Waals surface area contributed by atoms with Crippen LogP contribution in [0.3, 0.4) is 0 Å². The molecule has 8 heteroatoms. The molecule has 2 aromatic rings. The predicted octanol–water partition coefficient (Wildman–Crippen LogP) is 2.05. The summed E-state index contributed by atoms with van der Waals surface area (Å²) in [6.07, 6.45) is -0.379. The van der Waals surface area contributed by atoms with Crippen LogP contribution in [0.25, 0.3) is 0 Å². The fourth-order valence-corrected chi connectivity index (χ4v) is 2.83. The highest BCUT2D eigenvalue weighted by molar-refractivity contribution is 7.81. The Balaban J connectivity index is 1.96. The van der Waals surface area contributed by atoms with E-state index < -0.39 is 11.8 Å². The molecule has 2 N–H and O–H groups in total. The van der Waals surface area contributed by atoms with Gasteiger partial charge in [0.05, 0.1) is 0 Å². The van der Waals surface area contributed by atoms with Crippen molar-refractivity contribution in [3.05, 3.63) is 71.8 Å². The monoisotopic (exact) mass is 400 g/mol. The van der Waals surface area contributed by atoms with Crippen LogP contribution in [0.2, 0.25) is 0 Å². The van der Waals surface area contributed by atoms with Crippen molar-refractivity contribution in [2.75, 3.05) is 14.1 Å². The topological polar surface area (TPSA) is 64.7 Å². The summed E-state index contributed by atoms with van der Waals surface area (Å²) in [5.41, 5.74) is 6.83. The van der Waals surface area contributed by atoms with Gasteiger partial charge in [0.2, 0.25) is 5.91 Å². The van der Waals surface area contributed by atoms with Crippen LogP contribution in [-0.4, -0.2) is 45.9 Å². The van der Waals surface area contributed by atoms with Gasteiger partial charge >= 0.3 is 0 Å². The van der Waals surface area contributed by atoms with Crippen molar-refractivity contribution in [2.24, 2.45) is 0 Å². The summed E-state index contributed by atoms with van der Waals surface area (Å²) < 4.78 is 0. The van der Waals surface area contributed by atoms with E-state index in [4.69, 9.17) is 24.4 Å². The largest absolute Gasteiger partial charge is 0.277 e. The standard InChI is InChI=1S/C19H20N4O2S2/c1-20-23(19(27)15-11-7-4-8-12-15)17(25)13-16(24)21-22(2)18(26)14-9-5-3-6-10-14/h3-12,20H,13H2,1-2H3,(H,21,24). The Morgan fingerprint density at radius 1 is 0.889 bits per heavy atom. The summed E-state index contributed by atoms with van der Waals surface area (Å²) in [6.45, 7) is 0. The third kappa shape index (κ3) is 5.65. The number of carbonyl (C=O) groups is 2. The Morgan fingerprint density at radius 3 is 1.85 bits per heavy atom. The average molecular weight is 401 g/mol. The van der Waals surface area contributed by atoms with Gasteiger partial charge in [-0.3, -0.25) is 20.0 Å². The van der Waals surface area contributed by atoms with Crippen LogP contribution in [0.5, 0.6) is 0 Å². The molecule has 0 spiro atoms. The molecule has 2 amide bonds.